The number of amides is 1. The summed E-state index contributed by atoms with van der Waals surface area (Å²) >= 11 is 6.52. The number of nitrogens with zero attached hydrogens (tertiary/aromatic N) is 1. The second-order valence-electron chi connectivity index (χ2n) is 6.13. The third kappa shape index (κ3) is 4.60. The number of ether oxygens (including phenoxy) is 2. The minimum atomic E-state index is -1.06. The smallest absolute Gasteiger partial charge is 0.335 e. The summed E-state index contributed by atoms with van der Waals surface area (Å²) in [6, 6.07) is 11.6. The molecule has 29 heavy (non-hydrogen) atoms. The number of hydrogen-bond acceptors (Lipinski definition) is 6. The number of aromatic carboxylic acids is 1. The first kappa shape index (κ1) is 20.9. The second-order valence-corrected chi connectivity index (χ2v) is 7.81. The summed E-state index contributed by atoms with van der Waals surface area (Å²) in [7, 11) is 1.56. The van der Waals surface area contributed by atoms with Gasteiger partial charge in [0.2, 0.25) is 0 Å². The molecule has 0 saturated carbocycles. The van der Waals surface area contributed by atoms with Crippen LogP contribution in [0.2, 0.25) is 0 Å². The SMILES string of the molecule is CCCOc1ccc(/C=C2\SC(=S)N(c3cccc(C(=O)O)c3)C2=O)cc1OC. The lowest BCUT2D eigenvalue weighted by Crippen LogP contribution is -2.27. The average molecular weight is 430 g/mol. The van der Waals surface area contributed by atoms with E-state index < -0.39 is 5.97 Å². The van der Waals surface area contributed by atoms with Crippen molar-refractivity contribution >= 4 is 51.9 Å². The number of methoxy groups -OCH3 is 1. The molecule has 1 aliphatic heterocycles. The number of carboxylic acid groups (broad SMARTS) is 1. The first-order valence-corrected chi connectivity index (χ1v) is 10.1. The first-order chi connectivity index (χ1) is 13.9. The van der Waals surface area contributed by atoms with E-state index in [1.165, 1.54) is 28.8 Å². The fourth-order valence-corrected chi connectivity index (χ4v) is 4.02. The molecular weight excluding hydrogens is 410 g/mol. The number of carboxylic acids is 1. The second kappa shape index (κ2) is 9.11. The van der Waals surface area contributed by atoms with Gasteiger partial charge in [-0.1, -0.05) is 43.0 Å². The number of thioether (sulfide) groups is 1. The van der Waals surface area contributed by atoms with Crippen LogP contribution in [0.15, 0.2) is 47.4 Å². The van der Waals surface area contributed by atoms with E-state index in [4.69, 9.17) is 21.7 Å². The highest BCUT2D eigenvalue weighted by Gasteiger charge is 2.33. The number of anilines is 1. The van der Waals surface area contributed by atoms with Crippen molar-refractivity contribution in [1.82, 2.24) is 0 Å². The van der Waals surface area contributed by atoms with Gasteiger partial charge >= 0.3 is 5.97 Å². The molecule has 150 valence electrons. The highest BCUT2D eigenvalue weighted by atomic mass is 32.2. The van der Waals surface area contributed by atoms with Gasteiger partial charge in [-0.25, -0.2) is 4.79 Å². The zero-order chi connectivity index (χ0) is 21.0. The molecule has 1 N–H and O–H groups in total. The molecule has 1 saturated heterocycles. The maximum Gasteiger partial charge on any atom is 0.335 e. The van der Waals surface area contributed by atoms with Crippen molar-refractivity contribution in [3.63, 3.8) is 0 Å². The zero-order valence-electron chi connectivity index (χ0n) is 15.9. The van der Waals surface area contributed by atoms with Gasteiger partial charge in [-0.05, 0) is 48.4 Å². The lowest BCUT2D eigenvalue weighted by Gasteiger charge is -2.14. The van der Waals surface area contributed by atoms with Crippen LogP contribution in [-0.4, -0.2) is 35.0 Å². The number of hydrogen-bond donors (Lipinski definition) is 1. The molecule has 2 aromatic rings. The standard InChI is InChI=1S/C21H19NO5S2/c1-3-9-27-16-8-7-13(10-17(16)26-2)11-18-19(23)22(21(28)29-18)15-6-4-5-14(12-15)20(24)25/h4-8,10-12H,3,9H2,1-2H3,(H,24,25)/b18-11-. The van der Waals surface area contributed by atoms with Crippen LogP contribution >= 0.6 is 24.0 Å². The van der Waals surface area contributed by atoms with Gasteiger partial charge in [0.15, 0.2) is 15.8 Å². The van der Waals surface area contributed by atoms with E-state index in [1.807, 2.05) is 13.0 Å². The molecule has 1 amide bonds. The van der Waals surface area contributed by atoms with E-state index in [1.54, 1.807) is 37.5 Å². The van der Waals surface area contributed by atoms with Gasteiger partial charge in [-0.3, -0.25) is 9.69 Å². The molecule has 8 heteroatoms. The molecule has 1 heterocycles. The molecule has 0 aromatic heterocycles. The molecule has 0 radical (unpaired) electrons. The Morgan fingerprint density at radius 3 is 2.72 bits per heavy atom. The lowest BCUT2D eigenvalue weighted by molar-refractivity contribution is -0.113. The van der Waals surface area contributed by atoms with Gasteiger partial charge in [0.25, 0.3) is 5.91 Å². The Morgan fingerprint density at radius 1 is 1.24 bits per heavy atom. The monoisotopic (exact) mass is 429 g/mol. The first-order valence-electron chi connectivity index (χ1n) is 8.86. The molecular formula is C21H19NO5S2. The molecule has 0 atom stereocenters. The van der Waals surface area contributed by atoms with Crippen molar-refractivity contribution in [3.8, 4) is 11.5 Å². The molecule has 1 fully saturated rings. The highest BCUT2D eigenvalue weighted by molar-refractivity contribution is 8.27. The predicted octanol–water partition coefficient (Wildman–Crippen LogP) is 4.59. The Hall–Kier alpha value is -2.84. The summed E-state index contributed by atoms with van der Waals surface area (Å²) in [5, 5.41) is 9.18. The molecule has 1 aliphatic rings. The normalized spacial score (nSPS) is 15.1. The van der Waals surface area contributed by atoms with Crippen molar-refractivity contribution in [3.05, 3.63) is 58.5 Å². The van der Waals surface area contributed by atoms with E-state index in [0.29, 0.717) is 33.0 Å². The van der Waals surface area contributed by atoms with Gasteiger partial charge in [0.05, 0.1) is 29.9 Å². The minimum Gasteiger partial charge on any atom is -0.493 e. The fraction of sp³-hybridized carbons (Fsp3) is 0.190. The molecule has 2 aromatic carbocycles. The number of carbonyl (C=O) groups excluding carboxylic acids is 1. The van der Waals surface area contributed by atoms with Gasteiger partial charge < -0.3 is 14.6 Å². The Bertz CT molecular complexity index is 1000. The Balaban J connectivity index is 1.88. The van der Waals surface area contributed by atoms with Crippen LogP contribution in [0.3, 0.4) is 0 Å². The molecule has 0 bridgehead atoms. The number of carbonyl (C=O) groups is 2. The fourth-order valence-electron chi connectivity index (χ4n) is 2.72. The Morgan fingerprint density at radius 2 is 2.03 bits per heavy atom. The van der Waals surface area contributed by atoms with Gasteiger partial charge in [0.1, 0.15) is 0 Å². The van der Waals surface area contributed by atoms with E-state index in [-0.39, 0.29) is 11.5 Å². The number of benzene rings is 2. The van der Waals surface area contributed by atoms with Crippen LogP contribution in [0.25, 0.3) is 6.08 Å². The van der Waals surface area contributed by atoms with Crippen LogP contribution in [0.5, 0.6) is 11.5 Å². The zero-order valence-corrected chi connectivity index (χ0v) is 17.5. The van der Waals surface area contributed by atoms with E-state index in [0.717, 1.165) is 12.0 Å². The maximum atomic E-state index is 12.9. The number of rotatable bonds is 7. The summed E-state index contributed by atoms with van der Waals surface area (Å²) in [5.74, 6) is -0.139. The lowest BCUT2D eigenvalue weighted by atomic mass is 10.1. The summed E-state index contributed by atoms with van der Waals surface area (Å²) in [6.07, 6.45) is 2.61. The van der Waals surface area contributed by atoms with Crippen molar-refractivity contribution in [1.29, 1.82) is 0 Å². The largest absolute Gasteiger partial charge is 0.493 e. The number of thiocarbonyl (C=S) groups is 1. The van der Waals surface area contributed by atoms with Crippen molar-refractivity contribution < 1.29 is 24.2 Å². The highest BCUT2D eigenvalue weighted by Crippen LogP contribution is 2.37. The maximum absolute atomic E-state index is 12.9. The third-order valence-electron chi connectivity index (χ3n) is 4.09. The van der Waals surface area contributed by atoms with Gasteiger partial charge in [0, 0.05) is 0 Å². The predicted molar refractivity (Wildman–Crippen MR) is 118 cm³/mol. The third-order valence-corrected chi connectivity index (χ3v) is 5.39. The molecule has 0 aliphatic carbocycles. The van der Waals surface area contributed by atoms with Gasteiger partial charge in [-0.15, -0.1) is 0 Å². The van der Waals surface area contributed by atoms with Crippen LogP contribution in [0.4, 0.5) is 5.69 Å². The quantitative estimate of drug-likeness (QED) is 0.510. The average Bonchev–Trinajstić information content (AvgIpc) is 2.99. The van der Waals surface area contributed by atoms with Crippen LogP contribution in [-0.2, 0) is 4.79 Å². The van der Waals surface area contributed by atoms with Crippen molar-refractivity contribution in [2.75, 3.05) is 18.6 Å². The van der Waals surface area contributed by atoms with Gasteiger partial charge in [-0.2, -0.15) is 0 Å². The van der Waals surface area contributed by atoms with E-state index >= 15 is 0 Å². The molecule has 0 unspecified atom stereocenters. The van der Waals surface area contributed by atoms with E-state index in [9.17, 15) is 14.7 Å². The molecule has 6 nitrogen and oxygen atoms in total. The molecule has 0 spiro atoms. The summed E-state index contributed by atoms with van der Waals surface area (Å²) in [6.45, 7) is 2.61. The topological polar surface area (TPSA) is 76.1 Å². The summed E-state index contributed by atoms with van der Waals surface area (Å²) in [5.41, 5.74) is 1.29. The molecule has 3 rings (SSSR count). The van der Waals surface area contributed by atoms with Crippen LogP contribution in [0.1, 0.15) is 29.3 Å². The van der Waals surface area contributed by atoms with Crippen molar-refractivity contribution in [2.24, 2.45) is 0 Å². The van der Waals surface area contributed by atoms with E-state index in [2.05, 4.69) is 0 Å². The van der Waals surface area contributed by atoms with Crippen molar-refractivity contribution in [2.45, 2.75) is 13.3 Å². The Kier molecular flexibility index (Phi) is 6.56. The van der Waals surface area contributed by atoms with Crippen LogP contribution in [0, 0.1) is 0 Å². The minimum absolute atomic E-state index is 0.0907. The summed E-state index contributed by atoms with van der Waals surface area (Å²) < 4.78 is 11.4. The van der Waals surface area contributed by atoms with Crippen LogP contribution < -0.4 is 14.4 Å². The summed E-state index contributed by atoms with van der Waals surface area (Å²) in [4.78, 5) is 25.9. The Labute approximate surface area is 178 Å².